The molecule has 0 aliphatic carbocycles. The first-order valence-electron chi connectivity index (χ1n) is 8.24. The number of terminal acetylenes is 1. The van der Waals surface area contributed by atoms with Crippen molar-refractivity contribution in [3.63, 3.8) is 0 Å². The largest absolute Gasteiger partial charge is 0.386 e. The van der Waals surface area contributed by atoms with E-state index in [0.29, 0.717) is 23.5 Å². The lowest BCUT2D eigenvalue weighted by atomic mass is 10.1. The van der Waals surface area contributed by atoms with Gasteiger partial charge >= 0.3 is 0 Å². The summed E-state index contributed by atoms with van der Waals surface area (Å²) < 4.78 is 32.7. The quantitative estimate of drug-likeness (QED) is 0.407. The van der Waals surface area contributed by atoms with Crippen molar-refractivity contribution in [1.82, 2.24) is 24.2 Å². The first-order chi connectivity index (χ1) is 12.9. The molecular weight excluding hydrogens is 376 g/mol. The average Bonchev–Trinajstić information content (AvgIpc) is 3.17. The zero-order valence-corrected chi connectivity index (χ0v) is 15.3. The van der Waals surface area contributed by atoms with Crippen LogP contribution in [0.25, 0.3) is 11.2 Å². The van der Waals surface area contributed by atoms with Crippen LogP contribution < -0.4 is 10.0 Å². The molecule has 0 aromatic carbocycles. The van der Waals surface area contributed by atoms with E-state index in [0.717, 1.165) is 0 Å². The second-order valence-corrected chi connectivity index (χ2v) is 7.81. The molecule has 1 saturated heterocycles. The molecule has 1 fully saturated rings. The van der Waals surface area contributed by atoms with Crippen molar-refractivity contribution >= 4 is 27.0 Å². The lowest BCUT2D eigenvalue weighted by molar-refractivity contribution is -0.0230. The van der Waals surface area contributed by atoms with Crippen molar-refractivity contribution in [2.24, 2.45) is 0 Å². The van der Waals surface area contributed by atoms with Gasteiger partial charge in [0.1, 0.15) is 24.6 Å². The highest BCUT2D eigenvalue weighted by molar-refractivity contribution is 7.89. The van der Waals surface area contributed by atoms with Gasteiger partial charge in [0, 0.05) is 13.1 Å². The number of aliphatic hydroxyl groups excluding tert-OH is 2. The van der Waals surface area contributed by atoms with Gasteiger partial charge in [0.25, 0.3) is 0 Å². The maximum Gasteiger partial charge on any atom is 0.213 e. The minimum absolute atomic E-state index is 0.120. The summed E-state index contributed by atoms with van der Waals surface area (Å²) in [7, 11) is -3.37. The van der Waals surface area contributed by atoms with Gasteiger partial charge in [-0.15, -0.1) is 6.42 Å². The van der Waals surface area contributed by atoms with Gasteiger partial charge in [-0.3, -0.25) is 4.57 Å². The molecule has 3 rings (SSSR count). The molecule has 0 radical (unpaired) electrons. The van der Waals surface area contributed by atoms with Crippen LogP contribution in [-0.4, -0.2) is 75.3 Å². The number of imidazole rings is 1. The molecule has 12 heteroatoms. The van der Waals surface area contributed by atoms with E-state index >= 15 is 0 Å². The Balaban J connectivity index is 1.80. The van der Waals surface area contributed by atoms with Gasteiger partial charge in [-0.2, -0.15) is 0 Å². The smallest absolute Gasteiger partial charge is 0.213 e. The number of sulfonamides is 1. The van der Waals surface area contributed by atoms with E-state index in [-0.39, 0.29) is 12.3 Å². The minimum Gasteiger partial charge on any atom is -0.386 e. The normalized spacial score (nSPS) is 25.6. The Hall–Kier alpha value is -2.30. The molecule has 0 amide bonds. The minimum atomic E-state index is -3.37. The van der Waals surface area contributed by atoms with Crippen LogP contribution in [-0.2, 0) is 14.8 Å². The summed E-state index contributed by atoms with van der Waals surface area (Å²) in [5.74, 6) is 2.48. The van der Waals surface area contributed by atoms with Crippen LogP contribution in [0.2, 0.25) is 0 Å². The van der Waals surface area contributed by atoms with Crippen LogP contribution in [0, 0.1) is 12.3 Å². The third kappa shape index (κ3) is 3.87. The van der Waals surface area contributed by atoms with Gasteiger partial charge in [-0.25, -0.2) is 28.1 Å². The molecule has 0 spiro atoms. The van der Waals surface area contributed by atoms with E-state index in [2.05, 4.69) is 30.9 Å². The van der Waals surface area contributed by atoms with E-state index in [4.69, 9.17) is 11.2 Å². The Labute approximate surface area is 155 Å². The number of fused-ring (bicyclic) bond motifs is 1. The number of hydrogen-bond donors (Lipinski definition) is 4. The Kier molecular flexibility index (Phi) is 5.59. The molecular formula is C15H20N6O5S. The predicted molar refractivity (Wildman–Crippen MR) is 96.0 cm³/mol. The van der Waals surface area contributed by atoms with Gasteiger partial charge in [-0.1, -0.05) is 12.8 Å². The molecule has 0 saturated carbocycles. The molecule has 2 aromatic heterocycles. The Morgan fingerprint density at radius 2 is 2.11 bits per heavy atom. The molecule has 27 heavy (non-hydrogen) atoms. The van der Waals surface area contributed by atoms with Crippen molar-refractivity contribution < 1.29 is 23.4 Å². The zero-order chi connectivity index (χ0) is 19.6. The maximum atomic E-state index is 11.7. The summed E-state index contributed by atoms with van der Waals surface area (Å²) in [6.45, 7) is 2.14. The van der Waals surface area contributed by atoms with E-state index < -0.39 is 34.6 Å². The van der Waals surface area contributed by atoms with Crippen molar-refractivity contribution in [2.45, 2.75) is 31.5 Å². The first kappa shape index (κ1) is 19.5. The fraction of sp³-hybridized carbons (Fsp3) is 0.533. The lowest BCUT2D eigenvalue weighted by Crippen LogP contribution is -2.30. The topological polar surface area (TPSA) is 151 Å². The van der Waals surface area contributed by atoms with Gasteiger partial charge in [0.2, 0.25) is 10.0 Å². The monoisotopic (exact) mass is 396 g/mol. The summed E-state index contributed by atoms with van der Waals surface area (Å²) in [5, 5.41) is 23.0. The maximum absolute atomic E-state index is 11.7. The SMILES string of the molecule is C#C[C@H]1O[C@@H](n2cnc3c(NCCS(=O)(=O)NCC)ncnc32)[C@H](O)[C@@H]1O. The zero-order valence-electron chi connectivity index (χ0n) is 14.5. The van der Waals surface area contributed by atoms with Crippen molar-refractivity contribution in [1.29, 1.82) is 0 Å². The summed E-state index contributed by atoms with van der Waals surface area (Å²) in [6, 6.07) is 0. The Bertz CT molecular complexity index is 955. The van der Waals surface area contributed by atoms with E-state index in [1.165, 1.54) is 17.2 Å². The molecule has 3 heterocycles. The molecule has 11 nitrogen and oxygen atoms in total. The molecule has 146 valence electrons. The van der Waals surface area contributed by atoms with Crippen LogP contribution in [0.15, 0.2) is 12.7 Å². The Morgan fingerprint density at radius 1 is 1.33 bits per heavy atom. The molecule has 1 aliphatic heterocycles. The standard InChI is InChI=1S/C15H20N6O5S/c1-3-9-11(22)12(23)15(26-9)21-8-19-10-13(17-7-18-14(10)21)16-5-6-27(24,25)20-4-2/h1,7-9,11-12,15,20,22-23H,4-6H2,2H3,(H,16,17,18)/t9-,11-,12-,15-/m1/s1. The highest BCUT2D eigenvalue weighted by Crippen LogP contribution is 2.31. The van der Waals surface area contributed by atoms with E-state index in [9.17, 15) is 18.6 Å². The van der Waals surface area contributed by atoms with Crippen molar-refractivity contribution in [3.8, 4) is 12.3 Å². The molecule has 4 atom stereocenters. The van der Waals surface area contributed by atoms with Gasteiger partial charge in [-0.05, 0) is 0 Å². The van der Waals surface area contributed by atoms with Crippen LogP contribution in [0.1, 0.15) is 13.2 Å². The fourth-order valence-corrected chi connectivity index (χ4v) is 3.75. The number of nitrogens with one attached hydrogen (secondary N) is 2. The number of aromatic nitrogens is 4. The van der Waals surface area contributed by atoms with Crippen molar-refractivity contribution in [3.05, 3.63) is 12.7 Å². The van der Waals surface area contributed by atoms with Gasteiger partial charge < -0.3 is 20.3 Å². The van der Waals surface area contributed by atoms with Crippen LogP contribution in [0.3, 0.4) is 0 Å². The summed E-state index contributed by atoms with van der Waals surface area (Å²) in [6.07, 6.45) is 3.57. The number of hydrogen-bond acceptors (Lipinski definition) is 9. The third-order valence-corrected chi connectivity index (χ3v) is 5.53. The average molecular weight is 396 g/mol. The molecule has 0 bridgehead atoms. The summed E-state index contributed by atoms with van der Waals surface area (Å²) in [4.78, 5) is 12.4. The summed E-state index contributed by atoms with van der Waals surface area (Å²) in [5.41, 5.74) is 0.712. The Morgan fingerprint density at radius 3 is 2.78 bits per heavy atom. The molecule has 0 unspecified atom stereocenters. The second-order valence-electron chi connectivity index (χ2n) is 5.88. The van der Waals surface area contributed by atoms with Crippen LogP contribution in [0.5, 0.6) is 0 Å². The number of ether oxygens (including phenoxy) is 1. The van der Waals surface area contributed by atoms with Gasteiger partial charge in [0.15, 0.2) is 23.2 Å². The number of nitrogens with zero attached hydrogens (tertiary/aromatic N) is 4. The molecule has 4 N–H and O–H groups in total. The molecule has 1 aliphatic rings. The third-order valence-electron chi connectivity index (χ3n) is 4.06. The second kappa shape index (κ2) is 7.75. The lowest BCUT2D eigenvalue weighted by Gasteiger charge is -2.16. The van der Waals surface area contributed by atoms with Crippen molar-refractivity contribution in [2.75, 3.05) is 24.2 Å². The highest BCUT2D eigenvalue weighted by Gasteiger charge is 2.43. The van der Waals surface area contributed by atoms with Gasteiger partial charge in [0.05, 0.1) is 12.1 Å². The van der Waals surface area contributed by atoms with E-state index in [1.807, 2.05) is 0 Å². The number of aliphatic hydroxyl groups is 2. The highest BCUT2D eigenvalue weighted by atomic mass is 32.2. The number of rotatable bonds is 7. The number of anilines is 1. The van der Waals surface area contributed by atoms with E-state index in [1.54, 1.807) is 6.92 Å². The van der Waals surface area contributed by atoms with Crippen LogP contribution >= 0.6 is 0 Å². The molecule has 2 aromatic rings. The predicted octanol–water partition coefficient (Wildman–Crippen LogP) is -1.57. The van der Waals surface area contributed by atoms with Crippen LogP contribution in [0.4, 0.5) is 5.82 Å². The fourth-order valence-electron chi connectivity index (χ4n) is 2.79. The summed E-state index contributed by atoms with van der Waals surface area (Å²) >= 11 is 0. The first-order valence-corrected chi connectivity index (χ1v) is 9.89.